The predicted molar refractivity (Wildman–Crippen MR) is 178 cm³/mol. The average molecular weight is 663 g/mol. The van der Waals surface area contributed by atoms with Crippen LogP contribution in [0, 0.1) is 18.7 Å². The first-order chi connectivity index (χ1) is 22.9. The Kier molecular flexibility index (Phi) is 12.4. The molecule has 48 heavy (non-hydrogen) atoms. The van der Waals surface area contributed by atoms with Gasteiger partial charge in [0.15, 0.2) is 17.3 Å². The number of hydrogen-bond donors (Lipinski definition) is 3. The molecule has 1 aliphatic heterocycles. The highest BCUT2D eigenvalue weighted by atomic mass is 19.1. The van der Waals surface area contributed by atoms with Crippen LogP contribution < -0.4 is 30.2 Å². The first-order valence-electron chi connectivity index (χ1n) is 15.9. The number of likely N-dealkylation sites (N-methyl/N-ethyl adjacent to an activating group) is 1. The number of hydrogen-bond acceptors (Lipinski definition) is 7. The van der Waals surface area contributed by atoms with Crippen LogP contribution in [0.15, 0.2) is 66.7 Å². The Balaban J connectivity index is 1.51. The minimum absolute atomic E-state index is 0.0894. The average Bonchev–Trinajstić information content (AvgIpc) is 3.04. The molecule has 0 spiro atoms. The van der Waals surface area contributed by atoms with Crippen LogP contribution in [0.25, 0.3) is 0 Å². The molecule has 0 unspecified atom stereocenters. The molecule has 0 aromatic heterocycles. The number of carbonyl (C=O) groups is 4. The smallest absolute Gasteiger partial charge is 0.255 e. The van der Waals surface area contributed by atoms with Gasteiger partial charge in [0, 0.05) is 7.05 Å². The van der Waals surface area contributed by atoms with Gasteiger partial charge in [-0.3, -0.25) is 19.2 Å². The maximum Gasteiger partial charge on any atom is 0.255 e. The van der Waals surface area contributed by atoms with E-state index in [0.29, 0.717) is 12.2 Å². The summed E-state index contributed by atoms with van der Waals surface area (Å²) in [5.74, 6) is -1.94. The molecule has 11 nitrogen and oxygen atoms in total. The van der Waals surface area contributed by atoms with Gasteiger partial charge < -0.3 is 35.1 Å². The van der Waals surface area contributed by atoms with E-state index >= 15 is 0 Å². The van der Waals surface area contributed by atoms with Crippen molar-refractivity contribution in [3.63, 3.8) is 0 Å². The van der Waals surface area contributed by atoms with Crippen LogP contribution in [0.5, 0.6) is 23.0 Å². The fraction of sp³-hybridized carbons (Fsp3) is 0.389. The van der Waals surface area contributed by atoms with Crippen LogP contribution >= 0.6 is 0 Å². The van der Waals surface area contributed by atoms with Gasteiger partial charge in [0.1, 0.15) is 36.8 Å². The van der Waals surface area contributed by atoms with E-state index in [9.17, 15) is 23.6 Å². The summed E-state index contributed by atoms with van der Waals surface area (Å²) in [7, 11) is 1.62. The first kappa shape index (κ1) is 35.7. The molecular weight excluding hydrogens is 619 g/mol. The van der Waals surface area contributed by atoms with Crippen molar-refractivity contribution in [3.05, 3.63) is 83.7 Å². The van der Waals surface area contributed by atoms with Gasteiger partial charge in [-0.05, 0) is 62.6 Å². The summed E-state index contributed by atoms with van der Waals surface area (Å²) < 4.78 is 32.3. The second-order valence-corrected chi connectivity index (χ2v) is 12.3. The standard InChI is InChI=1S/C36H43FN4O7/c1-22(2)19-29-36(45)41(5)17-18-46-30-11-7-6-9-26(30)34(43)40-28(20-32(42)39-29)35(44)38-24(4)21-47-33-27(37)10-8-12-31(33)48-25-15-13-23(3)14-16-25/h6-16,22,24,28-29H,17-21H2,1-5H3,(H,38,44)(H,39,42)(H,40,43)/t24-,28+,29-/m1/s1. The van der Waals surface area contributed by atoms with Crippen LogP contribution in [0.2, 0.25) is 0 Å². The molecule has 3 aromatic carbocycles. The summed E-state index contributed by atoms with van der Waals surface area (Å²) in [6.45, 7) is 7.63. The molecule has 1 aliphatic rings. The van der Waals surface area contributed by atoms with E-state index in [2.05, 4.69) is 16.0 Å². The SMILES string of the molecule is Cc1ccc(Oc2cccc(F)c2OC[C@@H](C)NC(=O)[C@@H]2CC(=O)N[C@H](CC(C)C)C(=O)N(C)CCOc3ccccc3C(=O)N2)cc1. The number of amides is 4. The molecule has 0 saturated heterocycles. The van der Waals surface area contributed by atoms with Gasteiger partial charge in [-0.1, -0.05) is 49.7 Å². The third-order valence-electron chi connectivity index (χ3n) is 7.59. The number of ether oxygens (including phenoxy) is 3. The van der Waals surface area contributed by atoms with Gasteiger partial charge in [0.05, 0.1) is 24.6 Å². The number of fused-ring (bicyclic) bond motifs is 1. The van der Waals surface area contributed by atoms with E-state index in [1.54, 1.807) is 56.4 Å². The zero-order chi connectivity index (χ0) is 34.8. The Morgan fingerprint density at radius 3 is 2.48 bits per heavy atom. The number of nitrogens with zero attached hydrogens (tertiary/aromatic N) is 1. The van der Waals surface area contributed by atoms with Gasteiger partial charge in [-0.25, -0.2) is 4.39 Å². The van der Waals surface area contributed by atoms with Gasteiger partial charge in [-0.2, -0.15) is 0 Å². The zero-order valence-electron chi connectivity index (χ0n) is 27.9. The Labute approximate surface area is 280 Å². The molecule has 12 heteroatoms. The van der Waals surface area contributed by atoms with Crippen molar-refractivity contribution in [1.29, 1.82) is 0 Å². The Morgan fingerprint density at radius 1 is 1.02 bits per heavy atom. The van der Waals surface area contributed by atoms with E-state index in [0.717, 1.165) is 5.56 Å². The molecule has 4 amide bonds. The number of nitrogens with one attached hydrogen (secondary N) is 3. The summed E-state index contributed by atoms with van der Waals surface area (Å²) in [5, 5.41) is 8.15. The lowest BCUT2D eigenvalue weighted by molar-refractivity contribution is -0.136. The summed E-state index contributed by atoms with van der Waals surface area (Å²) in [6.07, 6.45) is -0.0660. The van der Waals surface area contributed by atoms with E-state index in [1.807, 2.05) is 32.9 Å². The van der Waals surface area contributed by atoms with E-state index < -0.39 is 48.1 Å². The fourth-order valence-electron chi connectivity index (χ4n) is 5.06. The number of rotatable bonds is 9. The van der Waals surface area contributed by atoms with Crippen molar-refractivity contribution in [3.8, 4) is 23.0 Å². The maximum atomic E-state index is 14.8. The minimum Gasteiger partial charge on any atom is -0.491 e. The second kappa shape index (κ2) is 16.6. The van der Waals surface area contributed by atoms with Crippen molar-refractivity contribution in [2.24, 2.45) is 5.92 Å². The fourth-order valence-corrected chi connectivity index (χ4v) is 5.06. The molecule has 0 fully saturated rings. The van der Waals surface area contributed by atoms with Gasteiger partial charge in [0.2, 0.25) is 17.7 Å². The highest BCUT2D eigenvalue weighted by Crippen LogP contribution is 2.34. The highest BCUT2D eigenvalue weighted by Gasteiger charge is 2.31. The molecule has 1 heterocycles. The zero-order valence-corrected chi connectivity index (χ0v) is 27.9. The highest BCUT2D eigenvalue weighted by molar-refractivity contribution is 6.01. The van der Waals surface area contributed by atoms with Crippen molar-refractivity contribution >= 4 is 23.6 Å². The largest absolute Gasteiger partial charge is 0.491 e. The number of aryl methyl sites for hydroxylation is 1. The van der Waals surface area contributed by atoms with Crippen LogP contribution in [-0.2, 0) is 14.4 Å². The van der Waals surface area contributed by atoms with Crippen molar-refractivity contribution in [2.75, 3.05) is 26.8 Å². The molecule has 3 atom stereocenters. The number of carbonyl (C=O) groups excluding carboxylic acids is 4. The predicted octanol–water partition coefficient (Wildman–Crippen LogP) is 4.38. The van der Waals surface area contributed by atoms with Gasteiger partial charge >= 0.3 is 0 Å². The topological polar surface area (TPSA) is 135 Å². The Morgan fingerprint density at radius 2 is 1.75 bits per heavy atom. The molecular formula is C36H43FN4O7. The van der Waals surface area contributed by atoms with Crippen molar-refractivity contribution in [1.82, 2.24) is 20.9 Å². The van der Waals surface area contributed by atoms with E-state index in [-0.39, 0.29) is 54.4 Å². The summed E-state index contributed by atoms with van der Waals surface area (Å²) in [6, 6.07) is 15.2. The second-order valence-electron chi connectivity index (χ2n) is 12.3. The minimum atomic E-state index is -1.32. The third kappa shape index (κ3) is 9.93. The van der Waals surface area contributed by atoms with Crippen molar-refractivity contribution in [2.45, 2.75) is 58.7 Å². The number of para-hydroxylation sites is 2. The van der Waals surface area contributed by atoms with E-state index in [4.69, 9.17) is 14.2 Å². The molecule has 3 aromatic rings. The molecule has 0 saturated carbocycles. The number of halogens is 1. The van der Waals surface area contributed by atoms with Crippen LogP contribution in [0.4, 0.5) is 4.39 Å². The lowest BCUT2D eigenvalue weighted by Crippen LogP contribution is -2.54. The summed E-state index contributed by atoms with van der Waals surface area (Å²) in [5.41, 5.74) is 1.20. The van der Waals surface area contributed by atoms with E-state index in [1.165, 1.54) is 17.0 Å². The lowest BCUT2D eigenvalue weighted by Gasteiger charge is -2.27. The van der Waals surface area contributed by atoms with Crippen LogP contribution in [-0.4, -0.2) is 73.5 Å². The summed E-state index contributed by atoms with van der Waals surface area (Å²) in [4.78, 5) is 55.0. The third-order valence-corrected chi connectivity index (χ3v) is 7.59. The maximum absolute atomic E-state index is 14.8. The molecule has 0 bridgehead atoms. The monoisotopic (exact) mass is 662 g/mol. The first-order valence-corrected chi connectivity index (χ1v) is 15.9. The molecule has 4 rings (SSSR count). The lowest BCUT2D eigenvalue weighted by atomic mass is 10.0. The number of benzene rings is 3. The van der Waals surface area contributed by atoms with Gasteiger partial charge in [0.25, 0.3) is 5.91 Å². The molecule has 0 aliphatic carbocycles. The molecule has 3 N–H and O–H groups in total. The molecule has 0 radical (unpaired) electrons. The van der Waals surface area contributed by atoms with Crippen molar-refractivity contribution < 1.29 is 37.8 Å². The van der Waals surface area contributed by atoms with Crippen LogP contribution in [0.3, 0.4) is 0 Å². The van der Waals surface area contributed by atoms with Gasteiger partial charge in [-0.15, -0.1) is 0 Å². The van der Waals surface area contributed by atoms with Crippen LogP contribution in [0.1, 0.15) is 49.5 Å². The Hall–Kier alpha value is -5.13. The normalized spacial score (nSPS) is 18.1. The quantitative estimate of drug-likeness (QED) is 0.310. The Bertz CT molecular complexity index is 1600. The molecule has 256 valence electrons. The summed E-state index contributed by atoms with van der Waals surface area (Å²) >= 11 is 0.